The van der Waals surface area contributed by atoms with Gasteiger partial charge in [-0.25, -0.2) is 9.97 Å². The number of benzene rings is 1. The lowest BCUT2D eigenvalue weighted by atomic mass is 10.1. The highest BCUT2D eigenvalue weighted by Gasteiger charge is 2.16. The smallest absolute Gasteiger partial charge is 0.224 e. The van der Waals surface area contributed by atoms with Gasteiger partial charge in [0.15, 0.2) is 11.5 Å². The van der Waals surface area contributed by atoms with Crippen molar-refractivity contribution in [3.63, 3.8) is 0 Å². The van der Waals surface area contributed by atoms with Crippen molar-refractivity contribution in [2.45, 2.75) is 12.8 Å². The van der Waals surface area contributed by atoms with Gasteiger partial charge in [0, 0.05) is 24.7 Å². The highest BCUT2D eigenvalue weighted by Crippen LogP contribution is 2.33. The number of hydrogen-bond acceptors (Lipinski definition) is 5. The molecule has 0 saturated carbocycles. The van der Waals surface area contributed by atoms with Gasteiger partial charge in [0.1, 0.15) is 5.82 Å². The van der Waals surface area contributed by atoms with E-state index in [-0.39, 0.29) is 5.28 Å². The summed E-state index contributed by atoms with van der Waals surface area (Å²) >= 11 is 6.11. The van der Waals surface area contributed by atoms with Crippen LogP contribution in [0.3, 0.4) is 0 Å². The number of ether oxygens (including phenoxy) is 2. The fourth-order valence-corrected chi connectivity index (χ4v) is 2.84. The molecular weight excluding hydrogens is 302 g/mol. The van der Waals surface area contributed by atoms with E-state index in [0.29, 0.717) is 11.5 Å². The van der Waals surface area contributed by atoms with Crippen LogP contribution in [-0.2, 0) is 0 Å². The van der Waals surface area contributed by atoms with Crippen molar-refractivity contribution in [3.05, 3.63) is 29.5 Å². The van der Waals surface area contributed by atoms with Crippen molar-refractivity contribution in [3.8, 4) is 22.8 Å². The Balaban J connectivity index is 2.00. The zero-order chi connectivity index (χ0) is 15.5. The maximum Gasteiger partial charge on any atom is 0.224 e. The predicted molar refractivity (Wildman–Crippen MR) is 87.0 cm³/mol. The van der Waals surface area contributed by atoms with Gasteiger partial charge >= 0.3 is 0 Å². The molecule has 1 aromatic heterocycles. The molecule has 1 saturated heterocycles. The quantitative estimate of drug-likeness (QED) is 0.808. The van der Waals surface area contributed by atoms with Crippen LogP contribution in [0.4, 0.5) is 5.82 Å². The first-order valence-corrected chi connectivity index (χ1v) is 7.61. The van der Waals surface area contributed by atoms with Crippen molar-refractivity contribution in [2.24, 2.45) is 0 Å². The fourth-order valence-electron chi connectivity index (χ4n) is 2.66. The molecule has 1 aromatic carbocycles. The van der Waals surface area contributed by atoms with E-state index in [1.165, 1.54) is 12.8 Å². The van der Waals surface area contributed by atoms with Gasteiger partial charge < -0.3 is 14.4 Å². The lowest BCUT2D eigenvalue weighted by Gasteiger charge is -2.17. The van der Waals surface area contributed by atoms with E-state index >= 15 is 0 Å². The van der Waals surface area contributed by atoms with E-state index in [0.717, 1.165) is 30.2 Å². The molecule has 0 N–H and O–H groups in total. The largest absolute Gasteiger partial charge is 0.493 e. The lowest BCUT2D eigenvalue weighted by molar-refractivity contribution is 0.355. The van der Waals surface area contributed by atoms with Crippen LogP contribution >= 0.6 is 11.6 Å². The molecule has 0 bridgehead atoms. The number of nitrogens with zero attached hydrogens (tertiary/aromatic N) is 3. The van der Waals surface area contributed by atoms with Gasteiger partial charge in [-0.05, 0) is 42.6 Å². The molecule has 0 radical (unpaired) electrons. The Morgan fingerprint density at radius 3 is 2.41 bits per heavy atom. The molecule has 2 heterocycles. The first kappa shape index (κ1) is 14.9. The Morgan fingerprint density at radius 2 is 1.73 bits per heavy atom. The van der Waals surface area contributed by atoms with Gasteiger partial charge in [-0.3, -0.25) is 0 Å². The first-order chi connectivity index (χ1) is 10.7. The first-order valence-electron chi connectivity index (χ1n) is 7.23. The molecule has 6 heteroatoms. The number of anilines is 1. The Kier molecular flexibility index (Phi) is 4.34. The maximum atomic E-state index is 6.11. The van der Waals surface area contributed by atoms with Crippen LogP contribution in [0.2, 0.25) is 5.28 Å². The minimum absolute atomic E-state index is 0.259. The second-order valence-corrected chi connectivity index (χ2v) is 5.48. The molecule has 0 unspecified atom stereocenters. The molecule has 2 aromatic rings. The van der Waals surface area contributed by atoms with E-state index in [9.17, 15) is 0 Å². The van der Waals surface area contributed by atoms with Crippen LogP contribution in [0.15, 0.2) is 24.3 Å². The number of methoxy groups -OCH3 is 2. The molecule has 0 spiro atoms. The molecule has 116 valence electrons. The highest BCUT2D eigenvalue weighted by molar-refractivity contribution is 6.28. The average molecular weight is 320 g/mol. The third-order valence-corrected chi connectivity index (χ3v) is 3.96. The number of rotatable bonds is 4. The summed E-state index contributed by atoms with van der Waals surface area (Å²) in [7, 11) is 3.23. The maximum absolute atomic E-state index is 6.11. The third kappa shape index (κ3) is 2.95. The van der Waals surface area contributed by atoms with E-state index in [1.807, 2.05) is 24.3 Å². The van der Waals surface area contributed by atoms with E-state index < -0.39 is 0 Å². The third-order valence-electron chi connectivity index (χ3n) is 3.79. The molecular formula is C16H18ClN3O2. The van der Waals surface area contributed by atoms with Crippen molar-refractivity contribution in [1.29, 1.82) is 0 Å². The van der Waals surface area contributed by atoms with Gasteiger partial charge in [-0.1, -0.05) is 0 Å². The van der Waals surface area contributed by atoms with Crippen LogP contribution in [-0.4, -0.2) is 37.3 Å². The Morgan fingerprint density at radius 1 is 1.00 bits per heavy atom. The second kappa shape index (κ2) is 6.40. The molecule has 1 aliphatic heterocycles. The van der Waals surface area contributed by atoms with E-state index in [1.54, 1.807) is 14.2 Å². The molecule has 3 rings (SSSR count). The van der Waals surface area contributed by atoms with Gasteiger partial charge in [0.05, 0.1) is 19.9 Å². The standard InChI is InChI=1S/C16H18ClN3O2/c1-21-13-6-5-11(9-14(13)22-2)12-10-15(19-16(17)18-12)20-7-3-4-8-20/h5-6,9-10H,3-4,7-8H2,1-2H3. The topological polar surface area (TPSA) is 47.5 Å². The predicted octanol–water partition coefficient (Wildman–Crippen LogP) is 3.41. The molecule has 0 aliphatic carbocycles. The van der Waals surface area contributed by atoms with Crippen molar-refractivity contribution in [2.75, 3.05) is 32.2 Å². The average Bonchev–Trinajstić information content (AvgIpc) is 3.08. The molecule has 5 nitrogen and oxygen atoms in total. The summed E-state index contributed by atoms with van der Waals surface area (Å²) in [6.07, 6.45) is 2.38. The van der Waals surface area contributed by atoms with Crippen molar-refractivity contribution >= 4 is 17.4 Å². The van der Waals surface area contributed by atoms with Crippen LogP contribution in [0.5, 0.6) is 11.5 Å². The molecule has 0 amide bonds. The van der Waals surface area contributed by atoms with Gasteiger partial charge in [0.2, 0.25) is 5.28 Å². The van der Waals surface area contributed by atoms with Crippen molar-refractivity contribution < 1.29 is 9.47 Å². The zero-order valence-electron chi connectivity index (χ0n) is 12.7. The Bertz CT molecular complexity index is 672. The summed E-state index contributed by atoms with van der Waals surface area (Å²) in [5.74, 6) is 2.23. The summed E-state index contributed by atoms with van der Waals surface area (Å²) in [6.45, 7) is 2.03. The molecule has 22 heavy (non-hydrogen) atoms. The summed E-state index contributed by atoms with van der Waals surface area (Å²) < 4.78 is 10.6. The molecule has 1 fully saturated rings. The monoisotopic (exact) mass is 319 g/mol. The van der Waals surface area contributed by atoms with Gasteiger partial charge in [0.25, 0.3) is 0 Å². The summed E-state index contributed by atoms with van der Waals surface area (Å²) in [4.78, 5) is 10.9. The van der Waals surface area contributed by atoms with Crippen LogP contribution in [0.25, 0.3) is 11.3 Å². The van der Waals surface area contributed by atoms with Crippen molar-refractivity contribution in [1.82, 2.24) is 9.97 Å². The SMILES string of the molecule is COc1ccc(-c2cc(N3CCCC3)nc(Cl)n2)cc1OC. The minimum atomic E-state index is 0.259. The van der Waals surface area contributed by atoms with E-state index in [2.05, 4.69) is 14.9 Å². The normalized spacial score (nSPS) is 14.2. The lowest BCUT2D eigenvalue weighted by Crippen LogP contribution is -2.19. The number of halogens is 1. The number of hydrogen-bond donors (Lipinski definition) is 0. The minimum Gasteiger partial charge on any atom is -0.493 e. The van der Waals surface area contributed by atoms with Crippen LogP contribution in [0.1, 0.15) is 12.8 Å². The molecule has 1 aliphatic rings. The van der Waals surface area contributed by atoms with Crippen LogP contribution < -0.4 is 14.4 Å². The Hall–Kier alpha value is -2.01. The molecule has 0 atom stereocenters. The number of aromatic nitrogens is 2. The summed E-state index contributed by atoms with van der Waals surface area (Å²) in [6, 6.07) is 7.66. The van der Waals surface area contributed by atoms with Gasteiger partial charge in [-0.2, -0.15) is 0 Å². The fraction of sp³-hybridized carbons (Fsp3) is 0.375. The zero-order valence-corrected chi connectivity index (χ0v) is 13.4. The summed E-state index contributed by atoms with van der Waals surface area (Å²) in [5.41, 5.74) is 1.70. The second-order valence-electron chi connectivity index (χ2n) is 5.14. The highest BCUT2D eigenvalue weighted by atomic mass is 35.5. The van der Waals surface area contributed by atoms with E-state index in [4.69, 9.17) is 21.1 Å². The van der Waals surface area contributed by atoms with Gasteiger partial charge in [-0.15, -0.1) is 0 Å². The summed E-state index contributed by atoms with van der Waals surface area (Å²) in [5, 5.41) is 0.259. The van der Waals surface area contributed by atoms with Crippen LogP contribution in [0, 0.1) is 0 Å². The Labute approximate surface area is 134 Å².